The van der Waals surface area contributed by atoms with Crippen LogP contribution in [0.2, 0.25) is 5.02 Å². The third-order valence-electron chi connectivity index (χ3n) is 4.18. The van der Waals surface area contributed by atoms with Gasteiger partial charge in [0.25, 0.3) is 5.91 Å². The molecular weight excluding hydrogens is 316 g/mol. The zero-order valence-corrected chi connectivity index (χ0v) is 14.3. The number of primary amides is 1. The van der Waals surface area contributed by atoms with Crippen LogP contribution in [-0.2, 0) is 11.3 Å². The van der Waals surface area contributed by atoms with E-state index >= 15 is 0 Å². The second-order valence-corrected chi connectivity index (χ2v) is 6.39. The van der Waals surface area contributed by atoms with E-state index in [1.54, 1.807) is 7.11 Å². The smallest absolute Gasteiger partial charge is 0.255 e. The molecule has 0 heterocycles. The summed E-state index contributed by atoms with van der Waals surface area (Å²) in [5, 5.41) is 3.86. The maximum absolute atomic E-state index is 10.8. The van der Waals surface area contributed by atoms with Crippen LogP contribution < -0.4 is 20.5 Å². The van der Waals surface area contributed by atoms with Crippen molar-refractivity contribution in [3.8, 4) is 11.5 Å². The molecular formula is C17H25ClN2O3. The predicted molar refractivity (Wildman–Crippen MR) is 91.0 cm³/mol. The maximum Gasteiger partial charge on any atom is 0.255 e. The second kappa shape index (κ2) is 8.99. The van der Waals surface area contributed by atoms with Crippen molar-refractivity contribution in [1.82, 2.24) is 5.32 Å². The normalized spacial score (nSPS) is 14.9. The van der Waals surface area contributed by atoms with Gasteiger partial charge in [0, 0.05) is 6.54 Å². The van der Waals surface area contributed by atoms with Gasteiger partial charge < -0.3 is 20.5 Å². The molecule has 1 aromatic rings. The highest BCUT2D eigenvalue weighted by atomic mass is 35.5. The standard InChI is InChI=1S/C17H25ClN2O3/c1-22-15-9-13(8-14(18)17(15)23-11-16(19)21)10-20-7-6-12-4-2-3-5-12/h8-9,12,20H,2-7,10-11H2,1H3,(H2,19,21). The molecule has 0 spiro atoms. The molecule has 0 radical (unpaired) electrons. The van der Waals surface area contributed by atoms with Gasteiger partial charge in [-0.3, -0.25) is 4.79 Å². The van der Waals surface area contributed by atoms with Crippen molar-refractivity contribution < 1.29 is 14.3 Å². The van der Waals surface area contributed by atoms with Crippen LogP contribution in [0.4, 0.5) is 0 Å². The van der Waals surface area contributed by atoms with Gasteiger partial charge in [-0.15, -0.1) is 0 Å². The number of amides is 1. The van der Waals surface area contributed by atoms with Crippen LogP contribution in [0.25, 0.3) is 0 Å². The zero-order chi connectivity index (χ0) is 16.7. The Balaban J connectivity index is 1.88. The highest BCUT2D eigenvalue weighted by molar-refractivity contribution is 6.32. The summed E-state index contributed by atoms with van der Waals surface area (Å²) in [5.41, 5.74) is 6.10. The number of halogens is 1. The lowest BCUT2D eigenvalue weighted by Crippen LogP contribution is -2.20. The Labute approximate surface area is 142 Å². The van der Waals surface area contributed by atoms with E-state index in [1.165, 1.54) is 32.1 Å². The number of nitrogens with two attached hydrogens (primary N) is 1. The van der Waals surface area contributed by atoms with E-state index in [2.05, 4.69) is 5.32 Å². The van der Waals surface area contributed by atoms with Gasteiger partial charge in [0.15, 0.2) is 18.1 Å². The van der Waals surface area contributed by atoms with Crippen molar-refractivity contribution in [2.75, 3.05) is 20.3 Å². The number of hydrogen-bond donors (Lipinski definition) is 2. The summed E-state index contributed by atoms with van der Waals surface area (Å²) < 4.78 is 10.6. The molecule has 1 fully saturated rings. The Morgan fingerprint density at radius 3 is 2.78 bits per heavy atom. The SMILES string of the molecule is COc1cc(CNCCC2CCCC2)cc(Cl)c1OCC(N)=O. The highest BCUT2D eigenvalue weighted by Gasteiger charge is 2.15. The average Bonchev–Trinajstić information content (AvgIpc) is 3.03. The molecule has 3 N–H and O–H groups in total. The van der Waals surface area contributed by atoms with E-state index in [-0.39, 0.29) is 6.61 Å². The molecule has 0 aromatic heterocycles. The number of carbonyl (C=O) groups is 1. The number of hydrogen-bond acceptors (Lipinski definition) is 4. The lowest BCUT2D eigenvalue weighted by molar-refractivity contribution is -0.119. The summed E-state index contributed by atoms with van der Waals surface area (Å²) >= 11 is 6.23. The maximum atomic E-state index is 10.8. The van der Waals surface area contributed by atoms with Crippen molar-refractivity contribution in [3.63, 3.8) is 0 Å². The first-order chi connectivity index (χ1) is 11.1. The molecule has 6 heteroatoms. The Hall–Kier alpha value is -1.46. The minimum absolute atomic E-state index is 0.227. The minimum atomic E-state index is -0.555. The largest absolute Gasteiger partial charge is 0.493 e. The second-order valence-electron chi connectivity index (χ2n) is 5.98. The van der Waals surface area contributed by atoms with Crippen LogP contribution in [-0.4, -0.2) is 26.2 Å². The molecule has 1 aliphatic rings. The number of benzene rings is 1. The summed E-state index contributed by atoms with van der Waals surface area (Å²) in [7, 11) is 1.54. The van der Waals surface area contributed by atoms with E-state index < -0.39 is 5.91 Å². The summed E-state index contributed by atoms with van der Waals surface area (Å²) in [6.07, 6.45) is 6.72. The fourth-order valence-electron chi connectivity index (χ4n) is 3.00. The molecule has 1 saturated carbocycles. The van der Waals surface area contributed by atoms with E-state index in [0.717, 1.165) is 24.6 Å². The summed E-state index contributed by atoms with van der Waals surface area (Å²) in [6.45, 7) is 1.50. The summed E-state index contributed by atoms with van der Waals surface area (Å²) in [4.78, 5) is 10.8. The summed E-state index contributed by atoms with van der Waals surface area (Å²) in [5.74, 6) is 1.18. The molecule has 0 aliphatic heterocycles. The Morgan fingerprint density at radius 1 is 1.39 bits per heavy atom. The zero-order valence-electron chi connectivity index (χ0n) is 13.6. The van der Waals surface area contributed by atoms with Crippen LogP contribution in [0.1, 0.15) is 37.7 Å². The van der Waals surface area contributed by atoms with E-state index in [9.17, 15) is 4.79 Å². The van der Waals surface area contributed by atoms with Crippen LogP contribution >= 0.6 is 11.6 Å². The van der Waals surface area contributed by atoms with Gasteiger partial charge >= 0.3 is 0 Å². The van der Waals surface area contributed by atoms with Crippen LogP contribution in [0, 0.1) is 5.92 Å². The van der Waals surface area contributed by atoms with Crippen LogP contribution in [0.15, 0.2) is 12.1 Å². The molecule has 23 heavy (non-hydrogen) atoms. The van der Waals surface area contributed by atoms with Gasteiger partial charge in [-0.25, -0.2) is 0 Å². The lowest BCUT2D eigenvalue weighted by Gasteiger charge is -2.14. The molecule has 0 bridgehead atoms. The fourth-order valence-corrected chi connectivity index (χ4v) is 3.28. The van der Waals surface area contributed by atoms with Gasteiger partial charge in [0.1, 0.15) is 0 Å². The van der Waals surface area contributed by atoms with Crippen molar-refractivity contribution in [2.45, 2.75) is 38.6 Å². The molecule has 0 unspecified atom stereocenters. The Kier molecular flexibility index (Phi) is 6.99. The third-order valence-corrected chi connectivity index (χ3v) is 4.46. The quantitative estimate of drug-likeness (QED) is 0.678. The third kappa shape index (κ3) is 5.59. The Bertz CT molecular complexity index is 531. The topological polar surface area (TPSA) is 73.6 Å². The van der Waals surface area contributed by atoms with Crippen molar-refractivity contribution in [3.05, 3.63) is 22.7 Å². The Morgan fingerprint density at radius 2 is 2.13 bits per heavy atom. The van der Waals surface area contributed by atoms with Crippen molar-refractivity contribution in [1.29, 1.82) is 0 Å². The fraction of sp³-hybridized carbons (Fsp3) is 0.588. The van der Waals surface area contributed by atoms with Gasteiger partial charge in [-0.1, -0.05) is 37.3 Å². The number of rotatable bonds is 9. The molecule has 0 saturated heterocycles. The molecule has 0 atom stereocenters. The molecule has 2 rings (SSSR count). The first-order valence-corrected chi connectivity index (χ1v) is 8.46. The van der Waals surface area contributed by atoms with Gasteiger partial charge in [0.2, 0.25) is 0 Å². The monoisotopic (exact) mass is 340 g/mol. The van der Waals surface area contributed by atoms with Gasteiger partial charge in [0.05, 0.1) is 12.1 Å². The van der Waals surface area contributed by atoms with Crippen molar-refractivity contribution in [2.24, 2.45) is 11.7 Å². The van der Waals surface area contributed by atoms with Crippen LogP contribution in [0.3, 0.4) is 0 Å². The molecule has 5 nitrogen and oxygen atoms in total. The summed E-state index contributed by atoms with van der Waals surface area (Å²) in [6, 6.07) is 3.69. The van der Waals surface area contributed by atoms with Crippen LogP contribution in [0.5, 0.6) is 11.5 Å². The molecule has 1 aliphatic carbocycles. The average molecular weight is 341 g/mol. The van der Waals surface area contributed by atoms with Crippen molar-refractivity contribution >= 4 is 17.5 Å². The number of ether oxygens (including phenoxy) is 2. The molecule has 128 valence electrons. The predicted octanol–water partition coefficient (Wildman–Crippen LogP) is 2.88. The van der Waals surface area contributed by atoms with Gasteiger partial charge in [-0.05, 0) is 36.6 Å². The minimum Gasteiger partial charge on any atom is -0.493 e. The lowest BCUT2D eigenvalue weighted by atomic mass is 10.0. The first-order valence-electron chi connectivity index (χ1n) is 8.08. The first kappa shape index (κ1) is 17.9. The molecule has 1 aromatic carbocycles. The molecule has 1 amide bonds. The number of carbonyl (C=O) groups excluding carboxylic acids is 1. The highest BCUT2D eigenvalue weighted by Crippen LogP contribution is 2.36. The van der Waals surface area contributed by atoms with E-state index in [1.807, 2.05) is 12.1 Å². The number of methoxy groups -OCH3 is 1. The van der Waals surface area contributed by atoms with E-state index in [4.69, 9.17) is 26.8 Å². The number of nitrogens with one attached hydrogen (secondary N) is 1. The van der Waals surface area contributed by atoms with E-state index in [0.29, 0.717) is 16.5 Å². The van der Waals surface area contributed by atoms with Gasteiger partial charge in [-0.2, -0.15) is 0 Å².